The fourth-order valence-electron chi connectivity index (χ4n) is 3.09. The Morgan fingerprint density at radius 2 is 1.20 bits per heavy atom. The molecule has 2 aliphatic rings. The highest BCUT2D eigenvalue weighted by atomic mass is 15.0. The maximum atomic E-state index is 3.84. The van der Waals surface area contributed by atoms with Crippen LogP contribution in [0, 0.1) is 11.8 Å². The second-order valence-electron chi connectivity index (χ2n) is 5.83. The van der Waals surface area contributed by atoms with Gasteiger partial charge in [-0.25, -0.2) is 0 Å². The van der Waals surface area contributed by atoms with Gasteiger partial charge in [-0.05, 0) is 51.4 Å². The Kier molecular flexibility index (Phi) is 4.07. The first-order valence-electron chi connectivity index (χ1n) is 7.03. The summed E-state index contributed by atoms with van der Waals surface area (Å²) in [6.45, 7) is 4.79. The zero-order chi connectivity index (χ0) is 10.7. The van der Waals surface area contributed by atoms with Gasteiger partial charge < -0.3 is 5.32 Å². The molecule has 15 heavy (non-hydrogen) atoms. The van der Waals surface area contributed by atoms with Crippen molar-refractivity contribution in [2.24, 2.45) is 11.8 Å². The molecule has 88 valence electrons. The predicted octanol–water partition coefficient (Wildman–Crippen LogP) is 3.73. The summed E-state index contributed by atoms with van der Waals surface area (Å²) < 4.78 is 0. The molecule has 1 N–H and O–H groups in total. The lowest BCUT2D eigenvalue weighted by Crippen LogP contribution is -2.40. The summed E-state index contributed by atoms with van der Waals surface area (Å²) in [5.74, 6) is 1.95. The minimum Gasteiger partial charge on any atom is -0.311 e. The van der Waals surface area contributed by atoms with Gasteiger partial charge in [-0.2, -0.15) is 0 Å². The van der Waals surface area contributed by atoms with E-state index >= 15 is 0 Å². The van der Waals surface area contributed by atoms with E-state index in [1.165, 1.54) is 51.4 Å². The molecule has 1 heteroatoms. The molecule has 2 saturated carbocycles. The Hall–Kier alpha value is -0.0400. The molecule has 2 fully saturated rings. The van der Waals surface area contributed by atoms with Crippen LogP contribution in [0.4, 0.5) is 0 Å². The smallest absolute Gasteiger partial charge is 0.00695 e. The Labute approximate surface area is 95.0 Å². The average Bonchev–Trinajstić information content (AvgIpc) is 3.05. The third-order valence-corrected chi connectivity index (χ3v) is 4.46. The lowest BCUT2D eigenvalue weighted by Gasteiger charge is -2.27. The average molecular weight is 209 g/mol. The molecule has 0 aliphatic heterocycles. The minimum absolute atomic E-state index is 0.749. The topological polar surface area (TPSA) is 12.0 Å². The summed E-state index contributed by atoms with van der Waals surface area (Å²) in [5.41, 5.74) is 0. The lowest BCUT2D eigenvalue weighted by atomic mass is 9.92. The van der Waals surface area contributed by atoms with Gasteiger partial charge >= 0.3 is 0 Å². The monoisotopic (exact) mass is 209 g/mol. The van der Waals surface area contributed by atoms with Crippen LogP contribution in [-0.4, -0.2) is 12.1 Å². The molecule has 1 nitrogen and oxygen atoms in total. The van der Waals surface area contributed by atoms with Gasteiger partial charge in [-0.15, -0.1) is 0 Å². The normalized spacial score (nSPS) is 28.4. The van der Waals surface area contributed by atoms with Gasteiger partial charge in [0.2, 0.25) is 0 Å². The zero-order valence-corrected chi connectivity index (χ0v) is 10.5. The van der Waals surface area contributed by atoms with Crippen LogP contribution in [0.3, 0.4) is 0 Å². The van der Waals surface area contributed by atoms with E-state index in [0.717, 1.165) is 23.9 Å². The van der Waals surface area contributed by atoms with Crippen molar-refractivity contribution in [1.29, 1.82) is 0 Å². The predicted molar refractivity (Wildman–Crippen MR) is 66.0 cm³/mol. The van der Waals surface area contributed by atoms with Crippen LogP contribution in [-0.2, 0) is 0 Å². The summed E-state index contributed by atoms with van der Waals surface area (Å²) in [5, 5.41) is 3.84. The molecule has 0 aromatic heterocycles. The van der Waals surface area contributed by atoms with Crippen LogP contribution in [0.5, 0.6) is 0 Å². The first-order valence-corrected chi connectivity index (χ1v) is 7.03. The molecule has 0 aromatic rings. The molecule has 0 bridgehead atoms. The van der Waals surface area contributed by atoms with Crippen molar-refractivity contribution in [2.45, 2.75) is 77.3 Å². The van der Waals surface area contributed by atoms with Crippen molar-refractivity contribution in [1.82, 2.24) is 5.32 Å². The van der Waals surface area contributed by atoms with Gasteiger partial charge in [0.25, 0.3) is 0 Å². The Balaban J connectivity index is 1.74. The van der Waals surface area contributed by atoms with Crippen molar-refractivity contribution in [3.8, 4) is 0 Å². The Bertz CT molecular complexity index is 178. The minimum atomic E-state index is 0.749. The second-order valence-corrected chi connectivity index (χ2v) is 5.83. The van der Waals surface area contributed by atoms with Gasteiger partial charge in [0.15, 0.2) is 0 Å². The first kappa shape index (κ1) is 11.4. The largest absolute Gasteiger partial charge is 0.311 e. The van der Waals surface area contributed by atoms with Gasteiger partial charge in [-0.3, -0.25) is 0 Å². The number of hydrogen-bond acceptors (Lipinski definition) is 1. The van der Waals surface area contributed by atoms with E-state index in [-0.39, 0.29) is 0 Å². The number of rotatable bonds is 4. The van der Waals surface area contributed by atoms with Crippen LogP contribution in [0.2, 0.25) is 0 Å². The maximum Gasteiger partial charge on any atom is 0.00695 e. The zero-order valence-electron chi connectivity index (χ0n) is 10.5. The summed E-state index contributed by atoms with van der Waals surface area (Å²) in [6, 6.07) is 1.52. The second kappa shape index (κ2) is 5.34. The van der Waals surface area contributed by atoms with E-state index in [4.69, 9.17) is 0 Å². The van der Waals surface area contributed by atoms with Gasteiger partial charge in [-0.1, -0.05) is 25.7 Å². The van der Waals surface area contributed by atoms with Crippen molar-refractivity contribution in [2.75, 3.05) is 0 Å². The van der Waals surface area contributed by atoms with E-state index in [1.807, 2.05) is 0 Å². The molecule has 0 radical (unpaired) electrons. The summed E-state index contributed by atoms with van der Waals surface area (Å²) in [4.78, 5) is 0. The molecular formula is C14H27N. The van der Waals surface area contributed by atoms with Crippen molar-refractivity contribution < 1.29 is 0 Å². The molecule has 0 aromatic carbocycles. The fourth-order valence-corrected chi connectivity index (χ4v) is 3.09. The van der Waals surface area contributed by atoms with Crippen LogP contribution in [0.25, 0.3) is 0 Å². The fraction of sp³-hybridized carbons (Fsp3) is 1.00. The Morgan fingerprint density at radius 3 is 1.67 bits per heavy atom. The van der Waals surface area contributed by atoms with E-state index in [0.29, 0.717) is 0 Å². The molecule has 0 amide bonds. The summed E-state index contributed by atoms with van der Waals surface area (Å²) >= 11 is 0. The third kappa shape index (κ3) is 3.48. The number of hydrogen-bond donors (Lipinski definition) is 1. The molecular weight excluding hydrogens is 182 g/mol. The third-order valence-electron chi connectivity index (χ3n) is 4.46. The molecule has 0 heterocycles. The highest BCUT2D eigenvalue weighted by molar-refractivity contribution is 4.86. The highest BCUT2D eigenvalue weighted by Crippen LogP contribution is 2.33. The number of nitrogens with one attached hydrogen (secondary N) is 1. The summed E-state index contributed by atoms with van der Waals surface area (Å²) in [7, 11) is 0. The molecule has 2 rings (SSSR count). The first-order chi connectivity index (χ1) is 7.27. The quantitative estimate of drug-likeness (QED) is 0.696. The lowest BCUT2D eigenvalue weighted by molar-refractivity contribution is 0.304. The van der Waals surface area contributed by atoms with Crippen LogP contribution < -0.4 is 5.32 Å². The maximum absolute atomic E-state index is 3.84. The van der Waals surface area contributed by atoms with E-state index < -0.39 is 0 Å². The van der Waals surface area contributed by atoms with Crippen LogP contribution >= 0.6 is 0 Å². The summed E-state index contributed by atoms with van der Waals surface area (Å²) in [6.07, 6.45) is 11.7. The van der Waals surface area contributed by atoms with Gasteiger partial charge in [0.05, 0.1) is 0 Å². The molecule has 2 aliphatic carbocycles. The Morgan fingerprint density at radius 1 is 0.733 bits per heavy atom. The van der Waals surface area contributed by atoms with E-state index in [9.17, 15) is 0 Å². The van der Waals surface area contributed by atoms with Crippen molar-refractivity contribution in [3.63, 3.8) is 0 Å². The van der Waals surface area contributed by atoms with E-state index in [2.05, 4.69) is 19.2 Å². The molecule has 0 saturated heterocycles. The van der Waals surface area contributed by atoms with Crippen molar-refractivity contribution >= 4 is 0 Å². The highest BCUT2D eigenvalue weighted by Gasteiger charge is 2.30. The van der Waals surface area contributed by atoms with Crippen molar-refractivity contribution in [3.05, 3.63) is 0 Å². The molecule has 0 spiro atoms. The van der Waals surface area contributed by atoms with E-state index in [1.54, 1.807) is 0 Å². The van der Waals surface area contributed by atoms with Gasteiger partial charge in [0, 0.05) is 12.1 Å². The van der Waals surface area contributed by atoms with Crippen LogP contribution in [0.1, 0.15) is 65.2 Å². The standard InChI is InChI=1S/C14H27N/c1-11(15-12(2)14-9-10-14)13-7-5-3-4-6-8-13/h11-15H,3-10H2,1-2H3/t11-,12?/m1/s1. The SMILES string of the molecule is CC(N[C@H](C)C1CCCCCC1)C1CC1. The van der Waals surface area contributed by atoms with Gasteiger partial charge in [0.1, 0.15) is 0 Å². The molecule has 2 atom stereocenters. The molecule has 1 unspecified atom stereocenters. The van der Waals surface area contributed by atoms with Crippen LogP contribution in [0.15, 0.2) is 0 Å².